The zero-order chi connectivity index (χ0) is 16.2. The van der Waals surface area contributed by atoms with E-state index in [1.807, 2.05) is 18.5 Å². The van der Waals surface area contributed by atoms with Crippen LogP contribution in [0.1, 0.15) is 0 Å². The molecule has 0 atom stereocenters. The van der Waals surface area contributed by atoms with Crippen LogP contribution in [0.3, 0.4) is 0 Å². The summed E-state index contributed by atoms with van der Waals surface area (Å²) in [6.45, 7) is 0. The Morgan fingerprint density at radius 3 is 1.54 bits per heavy atom. The molecule has 0 amide bonds. The Labute approximate surface area is 141 Å². The van der Waals surface area contributed by atoms with Crippen LogP contribution in [0.15, 0.2) is 97.6 Å². The van der Waals surface area contributed by atoms with Crippen LogP contribution in [-0.4, -0.2) is 9.97 Å². The minimum Gasteiger partial charge on any atom is -0.244 e. The SMILES string of the molecule is c1ccc(-c2ccccc2-c2ccc(-c3cncnc3)cc2)cc1. The van der Waals surface area contributed by atoms with Gasteiger partial charge >= 0.3 is 0 Å². The van der Waals surface area contributed by atoms with Crippen LogP contribution in [0.2, 0.25) is 0 Å². The molecule has 4 rings (SSSR count). The molecule has 4 aromatic rings. The molecule has 0 unspecified atom stereocenters. The molecule has 114 valence electrons. The largest absolute Gasteiger partial charge is 0.244 e. The van der Waals surface area contributed by atoms with Crippen LogP contribution in [0, 0.1) is 0 Å². The summed E-state index contributed by atoms with van der Waals surface area (Å²) in [5, 5.41) is 0. The Kier molecular flexibility index (Phi) is 3.86. The van der Waals surface area contributed by atoms with E-state index in [4.69, 9.17) is 0 Å². The predicted octanol–water partition coefficient (Wildman–Crippen LogP) is 5.48. The van der Waals surface area contributed by atoms with E-state index in [0.717, 1.165) is 11.1 Å². The number of aromatic nitrogens is 2. The lowest BCUT2D eigenvalue weighted by Crippen LogP contribution is -1.86. The topological polar surface area (TPSA) is 25.8 Å². The van der Waals surface area contributed by atoms with Gasteiger partial charge in [0.15, 0.2) is 0 Å². The van der Waals surface area contributed by atoms with E-state index in [-0.39, 0.29) is 0 Å². The molecule has 0 bridgehead atoms. The van der Waals surface area contributed by atoms with Crippen molar-refractivity contribution in [3.8, 4) is 33.4 Å². The predicted molar refractivity (Wildman–Crippen MR) is 98.3 cm³/mol. The number of hydrogen-bond acceptors (Lipinski definition) is 2. The van der Waals surface area contributed by atoms with Crippen molar-refractivity contribution in [1.29, 1.82) is 0 Å². The Morgan fingerprint density at radius 2 is 0.917 bits per heavy atom. The third kappa shape index (κ3) is 2.82. The molecule has 0 saturated carbocycles. The Morgan fingerprint density at radius 1 is 0.417 bits per heavy atom. The first kappa shape index (κ1) is 14.3. The fourth-order valence-corrected chi connectivity index (χ4v) is 2.89. The fourth-order valence-electron chi connectivity index (χ4n) is 2.89. The van der Waals surface area contributed by atoms with Gasteiger partial charge in [-0.25, -0.2) is 9.97 Å². The smallest absolute Gasteiger partial charge is 0.115 e. The van der Waals surface area contributed by atoms with Crippen LogP contribution in [-0.2, 0) is 0 Å². The zero-order valence-electron chi connectivity index (χ0n) is 13.1. The average molecular weight is 308 g/mol. The maximum Gasteiger partial charge on any atom is 0.115 e. The summed E-state index contributed by atoms with van der Waals surface area (Å²) in [6.07, 6.45) is 5.22. The Balaban J connectivity index is 1.75. The Hall–Kier alpha value is -3.26. The van der Waals surface area contributed by atoms with E-state index in [1.54, 1.807) is 6.33 Å². The van der Waals surface area contributed by atoms with Gasteiger partial charge in [0.25, 0.3) is 0 Å². The molecular weight excluding hydrogens is 292 g/mol. The maximum absolute atomic E-state index is 4.08. The van der Waals surface area contributed by atoms with Crippen molar-refractivity contribution in [2.75, 3.05) is 0 Å². The van der Waals surface area contributed by atoms with Gasteiger partial charge in [0, 0.05) is 18.0 Å². The van der Waals surface area contributed by atoms with Crippen molar-refractivity contribution in [2.24, 2.45) is 0 Å². The third-order valence-corrected chi connectivity index (χ3v) is 4.10. The molecule has 0 saturated heterocycles. The first-order valence-corrected chi connectivity index (χ1v) is 7.92. The molecule has 0 spiro atoms. The van der Waals surface area contributed by atoms with E-state index in [1.165, 1.54) is 22.3 Å². The zero-order valence-corrected chi connectivity index (χ0v) is 13.1. The second kappa shape index (κ2) is 6.47. The van der Waals surface area contributed by atoms with Crippen molar-refractivity contribution in [1.82, 2.24) is 9.97 Å². The van der Waals surface area contributed by atoms with Gasteiger partial charge in [0.2, 0.25) is 0 Å². The van der Waals surface area contributed by atoms with Gasteiger partial charge in [-0.05, 0) is 27.8 Å². The second-order valence-corrected chi connectivity index (χ2v) is 5.62. The standard InChI is InChI=1S/C22H16N2/c1-2-6-18(7-3-1)21-8-4-5-9-22(21)19-12-10-17(11-13-19)20-14-23-16-24-15-20/h1-16H. The van der Waals surface area contributed by atoms with E-state index in [9.17, 15) is 0 Å². The molecule has 2 heteroatoms. The van der Waals surface area contributed by atoms with Gasteiger partial charge in [-0.1, -0.05) is 78.9 Å². The molecule has 0 N–H and O–H groups in total. The minimum atomic E-state index is 1.03. The molecule has 0 aliphatic heterocycles. The summed E-state index contributed by atoms with van der Waals surface area (Å²) in [6, 6.07) is 27.6. The molecule has 0 aliphatic rings. The van der Waals surface area contributed by atoms with Gasteiger partial charge in [0.1, 0.15) is 6.33 Å². The number of nitrogens with zero attached hydrogens (tertiary/aromatic N) is 2. The lowest BCUT2D eigenvalue weighted by molar-refractivity contribution is 1.17. The molecule has 1 heterocycles. The van der Waals surface area contributed by atoms with Crippen LogP contribution >= 0.6 is 0 Å². The summed E-state index contributed by atoms with van der Waals surface area (Å²) >= 11 is 0. The van der Waals surface area contributed by atoms with Crippen molar-refractivity contribution in [3.05, 3.63) is 97.6 Å². The fraction of sp³-hybridized carbons (Fsp3) is 0. The normalized spacial score (nSPS) is 10.5. The highest BCUT2D eigenvalue weighted by Crippen LogP contribution is 2.32. The molecule has 0 aliphatic carbocycles. The number of rotatable bonds is 3. The first-order valence-electron chi connectivity index (χ1n) is 7.92. The minimum absolute atomic E-state index is 1.03. The molecule has 0 fully saturated rings. The van der Waals surface area contributed by atoms with E-state index >= 15 is 0 Å². The molecule has 3 aromatic carbocycles. The maximum atomic E-state index is 4.08. The van der Waals surface area contributed by atoms with Gasteiger partial charge in [-0.15, -0.1) is 0 Å². The van der Waals surface area contributed by atoms with E-state index in [2.05, 4.69) is 82.8 Å². The number of benzene rings is 3. The number of hydrogen-bond donors (Lipinski definition) is 0. The third-order valence-electron chi connectivity index (χ3n) is 4.10. The van der Waals surface area contributed by atoms with E-state index in [0.29, 0.717) is 0 Å². The summed E-state index contributed by atoms with van der Waals surface area (Å²) < 4.78 is 0. The summed E-state index contributed by atoms with van der Waals surface area (Å²) in [5.41, 5.74) is 7.06. The summed E-state index contributed by atoms with van der Waals surface area (Å²) in [4.78, 5) is 8.17. The van der Waals surface area contributed by atoms with Crippen LogP contribution < -0.4 is 0 Å². The second-order valence-electron chi connectivity index (χ2n) is 5.62. The van der Waals surface area contributed by atoms with Crippen LogP contribution in [0.5, 0.6) is 0 Å². The van der Waals surface area contributed by atoms with Crippen molar-refractivity contribution in [3.63, 3.8) is 0 Å². The van der Waals surface area contributed by atoms with Crippen molar-refractivity contribution >= 4 is 0 Å². The lowest BCUT2D eigenvalue weighted by Gasteiger charge is -2.11. The highest BCUT2D eigenvalue weighted by molar-refractivity contribution is 5.84. The monoisotopic (exact) mass is 308 g/mol. The van der Waals surface area contributed by atoms with E-state index < -0.39 is 0 Å². The van der Waals surface area contributed by atoms with Crippen molar-refractivity contribution < 1.29 is 0 Å². The molecule has 0 radical (unpaired) electrons. The summed E-state index contributed by atoms with van der Waals surface area (Å²) in [5.74, 6) is 0. The highest BCUT2D eigenvalue weighted by Gasteiger charge is 2.07. The van der Waals surface area contributed by atoms with Gasteiger partial charge in [0.05, 0.1) is 0 Å². The average Bonchev–Trinajstić information content (AvgIpc) is 2.69. The van der Waals surface area contributed by atoms with Crippen molar-refractivity contribution in [2.45, 2.75) is 0 Å². The lowest BCUT2D eigenvalue weighted by atomic mass is 9.94. The van der Waals surface area contributed by atoms with Gasteiger partial charge < -0.3 is 0 Å². The van der Waals surface area contributed by atoms with Gasteiger partial charge in [-0.3, -0.25) is 0 Å². The molecule has 2 nitrogen and oxygen atoms in total. The molecule has 1 aromatic heterocycles. The highest BCUT2D eigenvalue weighted by atomic mass is 14.8. The van der Waals surface area contributed by atoms with Gasteiger partial charge in [-0.2, -0.15) is 0 Å². The van der Waals surface area contributed by atoms with Crippen LogP contribution in [0.4, 0.5) is 0 Å². The molecule has 24 heavy (non-hydrogen) atoms. The molecular formula is C22H16N2. The summed E-state index contributed by atoms with van der Waals surface area (Å²) in [7, 11) is 0. The first-order chi connectivity index (χ1) is 11.9. The Bertz CT molecular complexity index is 930. The quantitative estimate of drug-likeness (QED) is 0.501. The van der Waals surface area contributed by atoms with Crippen LogP contribution in [0.25, 0.3) is 33.4 Å².